The Morgan fingerprint density at radius 3 is 2.67 bits per heavy atom. The zero-order valence-corrected chi connectivity index (χ0v) is 9.75. The standard InChI is InChI=1S/C11H21NO3/c1-4-9(11(14)15-3)6-7-12-8-10(13)5-2/h6,10,12-13H,4-5,7-8H2,1-3H3/b9-6-. The molecule has 4 heteroatoms. The van der Waals surface area contributed by atoms with Crippen LogP contribution in [0.25, 0.3) is 0 Å². The first-order valence-corrected chi connectivity index (χ1v) is 5.31. The molecule has 2 N–H and O–H groups in total. The Kier molecular flexibility index (Phi) is 7.95. The lowest BCUT2D eigenvalue weighted by atomic mass is 10.2. The van der Waals surface area contributed by atoms with Crippen molar-refractivity contribution in [1.82, 2.24) is 5.32 Å². The van der Waals surface area contributed by atoms with Crippen molar-refractivity contribution in [2.45, 2.75) is 32.8 Å². The van der Waals surface area contributed by atoms with Crippen LogP contribution < -0.4 is 5.32 Å². The lowest BCUT2D eigenvalue weighted by Crippen LogP contribution is -2.26. The molecule has 0 aromatic heterocycles. The molecule has 4 nitrogen and oxygen atoms in total. The molecule has 0 radical (unpaired) electrons. The maximum Gasteiger partial charge on any atom is 0.333 e. The second-order valence-corrected chi connectivity index (χ2v) is 3.29. The number of carbonyl (C=O) groups excluding carboxylic acids is 1. The van der Waals surface area contributed by atoms with Gasteiger partial charge in [-0.1, -0.05) is 19.9 Å². The Morgan fingerprint density at radius 2 is 2.20 bits per heavy atom. The number of aliphatic hydroxyl groups excluding tert-OH is 1. The minimum atomic E-state index is -0.318. The largest absolute Gasteiger partial charge is 0.466 e. The van der Waals surface area contributed by atoms with Crippen LogP contribution in [0.15, 0.2) is 11.6 Å². The third kappa shape index (κ3) is 6.25. The normalized spacial score (nSPS) is 13.7. The molecule has 0 aliphatic rings. The highest BCUT2D eigenvalue weighted by molar-refractivity contribution is 5.88. The van der Waals surface area contributed by atoms with Gasteiger partial charge in [0.05, 0.1) is 13.2 Å². The molecule has 0 saturated carbocycles. The first kappa shape index (κ1) is 14.1. The molecule has 0 spiro atoms. The minimum absolute atomic E-state index is 0.282. The molecular formula is C11H21NO3. The SMILES string of the molecule is CC/C(=C/CNCC(O)CC)C(=O)OC. The molecule has 0 saturated heterocycles. The van der Waals surface area contributed by atoms with Crippen molar-refractivity contribution >= 4 is 5.97 Å². The molecule has 0 bridgehead atoms. The predicted molar refractivity (Wildman–Crippen MR) is 59.6 cm³/mol. The van der Waals surface area contributed by atoms with Gasteiger partial charge < -0.3 is 15.2 Å². The van der Waals surface area contributed by atoms with Gasteiger partial charge in [0.15, 0.2) is 0 Å². The van der Waals surface area contributed by atoms with Gasteiger partial charge in [-0.05, 0) is 12.8 Å². The van der Waals surface area contributed by atoms with E-state index in [-0.39, 0.29) is 12.1 Å². The van der Waals surface area contributed by atoms with E-state index in [4.69, 9.17) is 0 Å². The molecule has 1 atom stereocenters. The molecule has 15 heavy (non-hydrogen) atoms. The fourth-order valence-corrected chi connectivity index (χ4v) is 1.09. The van der Waals surface area contributed by atoms with Crippen LogP contribution in [0.2, 0.25) is 0 Å². The molecule has 0 aromatic rings. The number of esters is 1. The minimum Gasteiger partial charge on any atom is -0.466 e. The molecule has 0 aliphatic heterocycles. The van der Waals surface area contributed by atoms with E-state index in [0.29, 0.717) is 25.1 Å². The molecule has 0 heterocycles. The van der Waals surface area contributed by atoms with E-state index >= 15 is 0 Å². The smallest absolute Gasteiger partial charge is 0.333 e. The summed E-state index contributed by atoms with van der Waals surface area (Å²) < 4.78 is 4.62. The summed E-state index contributed by atoms with van der Waals surface area (Å²) in [6.07, 6.45) is 2.87. The zero-order chi connectivity index (χ0) is 11.7. The molecule has 0 aliphatic carbocycles. The average molecular weight is 215 g/mol. The second kappa shape index (κ2) is 8.44. The highest BCUT2D eigenvalue weighted by Crippen LogP contribution is 2.01. The van der Waals surface area contributed by atoms with Gasteiger partial charge in [0, 0.05) is 18.7 Å². The van der Waals surface area contributed by atoms with Crippen LogP contribution in [0.4, 0.5) is 0 Å². The number of hydrogen-bond donors (Lipinski definition) is 2. The van der Waals surface area contributed by atoms with Crippen molar-refractivity contribution in [3.05, 3.63) is 11.6 Å². The fourth-order valence-electron chi connectivity index (χ4n) is 1.09. The van der Waals surface area contributed by atoms with Gasteiger partial charge in [0.1, 0.15) is 0 Å². The lowest BCUT2D eigenvalue weighted by molar-refractivity contribution is -0.136. The van der Waals surface area contributed by atoms with E-state index in [0.717, 1.165) is 6.42 Å². The van der Waals surface area contributed by atoms with Crippen LogP contribution >= 0.6 is 0 Å². The van der Waals surface area contributed by atoms with Crippen LogP contribution in [0, 0.1) is 0 Å². The maximum atomic E-state index is 11.2. The molecule has 1 unspecified atom stereocenters. The summed E-state index contributed by atoms with van der Waals surface area (Å²) >= 11 is 0. The predicted octanol–water partition coefficient (Wildman–Crippen LogP) is 0.856. The summed E-state index contributed by atoms with van der Waals surface area (Å²) in [7, 11) is 1.38. The number of nitrogens with one attached hydrogen (secondary N) is 1. The highest BCUT2D eigenvalue weighted by Gasteiger charge is 2.05. The summed E-state index contributed by atoms with van der Waals surface area (Å²) in [5.41, 5.74) is 0.663. The molecule has 0 fully saturated rings. The van der Waals surface area contributed by atoms with Crippen LogP contribution in [0.3, 0.4) is 0 Å². The van der Waals surface area contributed by atoms with Crippen molar-refractivity contribution in [3.63, 3.8) is 0 Å². The Morgan fingerprint density at radius 1 is 1.53 bits per heavy atom. The molecule has 88 valence electrons. The summed E-state index contributed by atoms with van der Waals surface area (Å²) in [6, 6.07) is 0. The first-order valence-electron chi connectivity index (χ1n) is 5.31. The average Bonchev–Trinajstić information content (AvgIpc) is 2.27. The van der Waals surface area contributed by atoms with Crippen LogP contribution in [-0.4, -0.2) is 37.4 Å². The van der Waals surface area contributed by atoms with Gasteiger partial charge >= 0.3 is 5.97 Å². The third-order valence-corrected chi connectivity index (χ3v) is 2.17. The van der Waals surface area contributed by atoms with E-state index in [1.165, 1.54) is 7.11 Å². The van der Waals surface area contributed by atoms with E-state index in [1.54, 1.807) is 6.08 Å². The maximum absolute atomic E-state index is 11.2. The van der Waals surface area contributed by atoms with Gasteiger partial charge in [0.25, 0.3) is 0 Å². The number of carbonyl (C=O) groups is 1. The third-order valence-electron chi connectivity index (χ3n) is 2.17. The van der Waals surface area contributed by atoms with Crippen molar-refractivity contribution < 1.29 is 14.6 Å². The first-order chi connectivity index (χ1) is 7.15. The quantitative estimate of drug-likeness (QED) is 0.375. The Labute approximate surface area is 91.3 Å². The van der Waals surface area contributed by atoms with E-state index < -0.39 is 0 Å². The zero-order valence-electron chi connectivity index (χ0n) is 9.75. The van der Waals surface area contributed by atoms with Crippen molar-refractivity contribution in [2.75, 3.05) is 20.2 Å². The summed E-state index contributed by atoms with van der Waals surface area (Å²) in [5, 5.41) is 12.3. The Hall–Kier alpha value is -0.870. The highest BCUT2D eigenvalue weighted by atomic mass is 16.5. The fraction of sp³-hybridized carbons (Fsp3) is 0.727. The summed E-state index contributed by atoms with van der Waals surface area (Å²) in [4.78, 5) is 11.2. The van der Waals surface area contributed by atoms with Crippen LogP contribution in [-0.2, 0) is 9.53 Å². The molecule has 0 aromatic carbocycles. The topological polar surface area (TPSA) is 58.6 Å². The monoisotopic (exact) mass is 215 g/mol. The lowest BCUT2D eigenvalue weighted by Gasteiger charge is -2.08. The van der Waals surface area contributed by atoms with Gasteiger partial charge in [-0.15, -0.1) is 0 Å². The number of ether oxygens (including phenoxy) is 1. The number of aliphatic hydroxyl groups is 1. The van der Waals surface area contributed by atoms with Gasteiger partial charge in [0.2, 0.25) is 0 Å². The summed E-state index contributed by atoms with van der Waals surface area (Å²) in [5.74, 6) is -0.282. The van der Waals surface area contributed by atoms with Gasteiger partial charge in [-0.25, -0.2) is 4.79 Å². The van der Waals surface area contributed by atoms with E-state index in [2.05, 4.69) is 10.1 Å². The van der Waals surface area contributed by atoms with Gasteiger partial charge in [-0.2, -0.15) is 0 Å². The number of rotatable bonds is 7. The second-order valence-electron chi connectivity index (χ2n) is 3.29. The van der Waals surface area contributed by atoms with Crippen molar-refractivity contribution in [2.24, 2.45) is 0 Å². The van der Waals surface area contributed by atoms with Crippen molar-refractivity contribution in [3.8, 4) is 0 Å². The van der Waals surface area contributed by atoms with E-state index in [9.17, 15) is 9.90 Å². The Balaban J connectivity index is 3.86. The molecular weight excluding hydrogens is 194 g/mol. The summed E-state index contributed by atoms with van der Waals surface area (Å²) in [6.45, 7) is 4.96. The van der Waals surface area contributed by atoms with Crippen LogP contribution in [0.1, 0.15) is 26.7 Å². The number of methoxy groups -OCH3 is 1. The molecule has 0 amide bonds. The number of hydrogen-bond acceptors (Lipinski definition) is 4. The van der Waals surface area contributed by atoms with Crippen LogP contribution in [0.5, 0.6) is 0 Å². The van der Waals surface area contributed by atoms with E-state index in [1.807, 2.05) is 13.8 Å². The van der Waals surface area contributed by atoms with Crippen molar-refractivity contribution in [1.29, 1.82) is 0 Å². The van der Waals surface area contributed by atoms with Gasteiger partial charge in [-0.3, -0.25) is 0 Å². The Bertz CT molecular complexity index is 214. The molecule has 0 rings (SSSR count).